The van der Waals surface area contributed by atoms with Gasteiger partial charge in [0.1, 0.15) is 5.75 Å². The molecule has 0 aromatic heterocycles. The Balaban J connectivity index is 1.75. The van der Waals surface area contributed by atoms with Gasteiger partial charge in [0.2, 0.25) is 11.8 Å². The zero-order chi connectivity index (χ0) is 16.2. The van der Waals surface area contributed by atoms with Gasteiger partial charge in [-0.1, -0.05) is 12.1 Å². The Morgan fingerprint density at radius 1 is 1.26 bits per heavy atom. The second kappa shape index (κ2) is 7.02. The quantitative estimate of drug-likeness (QED) is 0.857. The minimum atomic E-state index is 0.0627. The van der Waals surface area contributed by atoms with Crippen molar-refractivity contribution in [2.75, 3.05) is 26.7 Å². The summed E-state index contributed by atoms with van der Waals surface area (Å²) >= 11 is 0. The highest BCUT2D eigenvalue weighted by Gasteiger charge is 2.31. The normalized spacial score (nSPS) is 21.6. The molecule has 5 nitrogen and oxygen atoms in total. The van der Waals surface area contributed by atoms with Gasteiger partial charge in [-0.25, -0.2) is 0 Å². The minimum Gasteiger partial charge on any atom is -0.497 e. The number of carbonyl (C=O) groups excluding carboxylic acids is 2. The van der Waals surface area contributed by atoms with Gasteiger partial charge in [0.25, 0.3) is 0 Å². The molecule has 1 aromatic rings. The van der Waals surface area contributed by atoms with Crippen molar-refractivity contribution in [3.8, 4) is 5.75 Å². The second-order valence-corrected chi connectivity index (χ2v) is 6.29. The van der Waals surface area contributed by atoms with Crippen molar-refractivity contribution in [3.05, 3.63) is 29.8 Å². The van der Waals surface area contributed by atoms with Crippen molar-refractivity contribution in [2.24, 2.45) is 0 Å². The third kappa shape index (κ3) is 3.49. The number of ether oxygens (including phenoxy) is 1. The molecule has 1 aromatic carbocycles. The van der Waals surface area contributed by atoms with Crippen LogP contribution in [0.2, 0.25) is 0 Å². The SMILES string of the molecule is COc1cccc([C@@H]2CCCCN2C(=O)CN2CCCC2=O)c1. The molecule has 23 heavy (non-hydrogen) atoms. The molecule has 2 aliphatic rings. The van der Waals surface area contributed by atoms with E-state index >= 15 is 0 Å². The molecule has 0 spiro atoms. The molecule has 0 saturated carbocycles. The molecule has 2 aliphatic heterocycles. The van der Waals surface area contributed by atoms with Crippen LogP contribution in [0.25, 0.3) is 0 Å². The summed E-state index contributed by atoms with van der Waals surface area (Å²) in [4.78, 5) is 28.1. The maximum atomic E-state index is 12.7. The molecule has 3 rings (SSSR count). The first-order valence-corrected chi connectivity index (χ1v) is 8.40. The van der Waals surface area contributed by atoms with E-state index < -0.39 is 0 Å². The highest BCUT2D eigenvalue weighted by molar-refractivity contribution is 5.86. The molecular weight excluding hydrogens is 292 g/mol. The lowest BCUT2D eigenvalue weighted by atomic mass is 9.95. The van der Waals surface area contributed by atoms with E-state index in [1.54, 1.807) is 12.0 Å². The first-order valence-electron chi connectivity index (χ1n) is 8.40. The summed E-state index contributed by atoms with van der Waals surface area (Å²) in [5.41, 5.74) is 1.12. The van der Waals surface area contributed by atoms with E-state index in [2.05, 4.69) is 6.07 Å². The number of likely N-dealkylation sites (tertiary alicyclic amines) is 2. The van der Waals surface area contributed by atoms with E-state index in [0.717, 1.165) is 43.5 Å². The second-order valence-electron chi connectivity index (χ2n) is 6.29. The van der Waals surface area contributed by atoms with Crippen molar-refractivity contribution in [3.63, 3.8) is 0 Å². The van der Waals surface area contributed by atoms with Crippen molar-refractivity contribution in [1.82, 2.24) is 9.80 Å². The van der Waals surface area contributed by atoms with Crippen LogP contribution in [-0.2, 0) is 9.59 Å². The number of hydrogen-bond acceptors (Lipinski definition) is 3. The van der Waals surface area contributed by atoms with Crippen LogP contribution in [0.15, 0.2) is 24.3 Å². The summed E-state index contributed by atoms with van der Waals surface area (Å²) in [6.45, 7) is 1.70. The third-order valence-electron chi connectivity index (χ3n) is 4.80. The molecule has 2 amide bonds. The van der Waals surface area contributed by atoms with Crippen LogP contribution in [0, 0.1) is 0 Å². The van der Waals surface area contributed by atoms with Crippen LogP contribution < -0.4 is 4.74 Å². The number of rotatable bonds is 4. The third-order valence-corrected chi connectivity index (χ3v) is 4.80. The molecule has 1 atom stereocenters. The molecule has 2 saturated heterocycles. The summed E-state index contributed by atoms with van der Waals surface area (Å²) < 4.78 is 5.31. The standard InChI is InChI=1S/C18H24N2O3/c1-23-15-7-4-6-14(12-15)16-8-2-3-11-20(16)18(22)13-19-10-5-9-17(19)21/h4,6-7,12,16H,2-3,5,8-11,13H2,1H3/t16-/m0/s1. The number of amides is 2. The van der Waals surface area contributed by atoms with Crippen LogP contribution >= 0.6 is 0 Å². The fourth-order valence-electron chi connectivity index (χ4n) is 3.55. The summed E-state index contributed by atoms with van der Waals surface area (Å²) in [6, 6.07) is 8.04. The van der Waals surface area contributed by atoms with E-state index in [0.29, 0.717) is 13.0 Å². The van der Waals surface area contributed by atoms with Gasteiger partial charge in [-0.3, -0.25) is 9.59 Å². The summed E-state index contributed by atoms with van der Waals surface area (Å²) in [5.74, 6) is 0.983. The lowest BCUT2D eigenvalue weighted by Gasteiger charge is -2.37. The molecule has 0 aliphatic carbocycles. The Bertz CT molecular complexity index is 587. The predicted molar refractivity (Wildman–Crippen MR) is 87.1 cm³/mol. The highest BCUT2D eigenvalue weighted by Crippen LogP contribution is 2.32. The molecular formula is C18H24N2O3. The van der Waals surface area contributed by atoms with Gasteiger partial charge in [0.15, 0.2) is 0 Å². The molecule has 0 N–H and O–H groups in total. The van der Waals surface area contributed by atoms with Gasteiger partial charge in [0.05, 0.1) is 19.7 Å². The summed E-state index contributed by atoms with van der Waals surface area (Å²) in [6.07, 6.45) is 4.55. The van der Waals surface area contributed by atoms with E-state index in [1.807, 2.05) is 23.1 Å². The van der Waals surface area contributed by atoms with Crippen molar-refractivity contribution in [2.45, 2.75) is 38.1 Å². The number of benzene rings is 1. The number of hydrogen-bond donors (Lipinski definition) is 0. The van der Waals surface area contributed by atoms with Gasteiger partial charge in [-0.15, -0.1) is 0 Å². The monoisotopic (exact) mass is 316 g/mol. The Hall–Kier alpha value is -2.04. The fraction of sp³-hybridized carbons (Fsp3) is 0.556. The Labute approximate surface area is 137 Å². The number of carbonyl (C=O) groups is 2. The van der Waals surface area contributed by atoms with E-state index in [1.165, 1.54) is 0 Å². The van der Waals surface area contributed by atoms with Crippen LogP contribution in [0.4, 0.5) is 0 Å². The molecule has 0 unspecified atom stereocenters. The maximum Gasteiger partial charge on any atom is 0.242 e. The average Bonchev–Trinajstić information content (AvgIpc) is 2.99. The number of piperidine rings is 1. The van der Waals surface area contributed by atoms with Crippen molar-refractivity contribution >= 4 is 11.8 Å². The van der Waals surface area contributed by atoms with E-state index in [9.17, 15) is 9.59 Å². The largest absolute Gasteiger partial charge is 0.497 e. The van der Waals surface area contributed by atoms with Gasteiger partial charge in [-0.05, 0) is 43.4 Å². The molecule has 5 heteroatoms. The number of methoxy groups -OCH3 is 1. The van der Waals surface area contributed by atoms with Gasteiger partial charge >= 0.3 is 0 Å². The molecule has 2 heterocycles. The molecule has 0 radical (unpaired) electrons. The summed E-state index contributed by atoms with van der Waals surface area (Å²) in [7, 11) is 1.65. The fourth-order valence-corrected chi connectivity index (χ4v) is 3.55. The lowest BCUT2D eigenvalue weighted by molar-refractivity contribution is -0.141. The molecule has 124 valence electrons. The zero-order valence-corrected chi connectivity index (χ0v) is 13.7. The van der Waals surface area contributed by atoms with Crippen LogP contribution in [-0.4, -0.2) is 48.4 Å². The van der Waals surface area contributed by atoms with Crippen molar-refractivity contribution in [1.29, 1.82) is 0 Å². The molecule has 0 bridgehead atoms. The van der Waals surface area contributed by atoms with Crippen LogP contribution in [0.1, 0.15) is 43.7 Å². The Morgan fingerprint density at radius 2 is 2.13 bits per heavy atom. The smallest absolute Gasteiger partial charge is 0.242 e. The average molecular weight is 316 g/mol. The summed E-state index contributed by atoms with van der Waals surface area (Å²) in [5, 5.41) is 0. The first kappa shape index (κ1) is 15.8. The predicted octanol–water partition coefficient (Wildman–Crippen LogP) is 2.37. The van der Waals surface area contributed by atoms with E-state index in [4.69, 9.17) is 4.74 Å². The van der Waals surface area contributed by atoms with Gasteiger partial charge in [-0.2, -0.15) is 0 Å². The van der Waals surface area contributed by atoms with Gasteiger partial charge < -0.3 is 14.5 Å². The zero-order valence-electron chi connectivity index (χ0n) is 13.7. The van der Waals surface area contributed by atoms with Crippen LogP contribution in [0.5, 0.6) is 5.75 Å². The Kier molecular flexibility index (Phi) is 4.84. The Morgan fingerprint density at radius 3 is 2.87 bits per heavy atom. The van der Waals surface area contributed by atoms with Gasteiger partial charge in [0, 0.05) is 19.5 Å². The highest BCUT2D eigenvalue weighted by atomic mass is 16.5. The van der Waals surface area contributed by atoms with E-state index in [-0.39, 0.29) is 24.4 Å². The lowest BCUT2D eigenvalue weighted by Crippen LogP contribution is -2.44. The van der Waals surface area contributed by atoms with Crippen LogP contribution in [0.3, 0.4) is 0 Å². The minimum absolute atomic E-state index is 0.0627. The van der Waals surface area contributed by atoms with Crippen molar-refractivity contribution < 1.29 is 14.3 Å². The topological polar surface area (TPSA) is 49.9 Å². The first-order chi connectivity index (χ1) is 11.2. The number of nitrogens with zero attached hydrogens (tertiary/aromatic N) is 2. The molecule has 2 fully saturated rings. The maximum absolute atomic E-state index is 12.7.